The zero-order chi connectivity index (χ0) is 13.5. The lowest BCUT2D eigenvalue weighted by Gasteiger charge is -2.08. The fourth-order valence-corrected chi connectivity index (χ4v) is 1.38. The number of carbonyl (C=O) groups excluding carboxylic acids is 1. The Bertz CT molecular complexity index is 480. The lowest BCUT2D eigenvalue weighted by atomic mass is 10.1. The van der Waals surface area contributed by atoms with Gasteiger partial charge in [-0.2, -0.15) is 0 Å². The predicted octanol–water partition coefficient (Wildman–Crippen LogP) is 1.65. The van der Waals surface area contributed by atoms with E-state index in [9.17, 15) is 9.59 Å². The number of carbonyl (C=O) groups is 2. The average Bonchev–Trinajstić information content (AvgIpc) is 2.30. The van der Waals surface area contributed by atoms with E-state index in [1.807, 2.05) is 6.92 Å². The largest absolute Gasteiger partial charge is 0.493 e. The van der Waals surface area contributed by atoms with Gasteiger partial charge in [-0.15, -0.1) is 0 Å². The van der Waals surface area contributed by atoms with Gasteiger partial charge >= 0.3 is 5.97 Å². The van der Waals surface area contributed by atoms with Crippen LogP contribution in [0.5, 0.6) is 5.75 Å². The Kier molecular flexibility index (Phi) is 4.92. The Morgan fingerprint density at radius 1 is 1.39 bits per heavy atom. The van der Waals surface area contributed by atoms with E-state index in [0.717, 1.165) is 0 Å². The molecule has 0 aromatic heterocycles. The third-order valence-electron chi connectivity index (χ3n) is 2.06. The fourth-order valence-electron chi connectivity index (χ4n) is 1.38. The van der Waals surface area contributed by atoms with Gasteiger partial charge in [0, 0.05) is 12.5 Å². The summed E-state index contributed by atoms with van der Waals surface area (Å²) in [5.41, 5.74) is 0.417. The van der Waals surface area contributed by atoms with Crippen molar-refractivity contribution in [2.75, 3.05) is 6.61 Å². The standard InChI is InChI=1S/C13H15NO4/c1-3-18-12-7-5-4-6-10(12)8-11(13(16)17)14-9(2)15/h4-8H,3H2,1-2H3,(H,14,15)(H,16,17). The molecule has 0 radical (unpaired) electrons. The Morgan fingerprint density at radius 3 is 2.61 bits per heavy atom. The summed E-state index contributed by atoms with van der Waals surface area (Å²) in [6.07, 6.45) is 1.37. The summed E-state index contributed by atoms with van der Waals surface area (Å²) in [5.74, 6) is -1.06. The van der Waals surface area contributed by atoms with Gasteiger partial charge in [-0.3, -0.25) is 4.79 Å². The van der Waals surface area contributed by atoms with Crippen LogP contribution in [-0.4, -0.2) is 23.6 Å². The molecule has 1 aromatic carbocycles. The third kappa shape index (κ3) is 3.93. The van der Waals surface area contributed by atoms with Gasteiger partial charge in [0.1, 0.15) is 11.4 Å². The first kappa shape index (κ1) is 13.8. The number of aliphatic carboxylic acids is 1. The number of rotatable bonds is 5. The Hall–Kier alpha value is -2.30. The van der Waals surface area contributed by atoms with Crippen molar-refractivity contribution in [3.8, 4) is 5.75 Å². The highest BCUT2D eigenvalue weighted by atomic mass is 16.5. The number of carboxylic acid groups (broad SMARTS) is 1. The number of ether oxygens (including phenoxy) is 1. The van der Waals surface area contributed by atoms with Crippen molar-refractivity contribution in [3.05, 3.63) is 35.5 Å². The van der Waals surface area contributed by atoms with Gasteiger partial charge in [-0.1, -0.05) is 18.2 Å². The van der Waals surface area contributed by atoms with E-state index < -0.39 is 11.9 Å². The molecule has 0 aliphatic heterocycles. The second-order valence-corrected chi connectivity index (χ2v) is 3.52. The molecule has 96 valence electrons. The van der Waals surface area contributed by atoms with E-state index in [2.05, 4.69) is 5.32 Å². The van der Waals surface area contributed by atoms with Crippen LogP contribution in [0.3, 0.4) is 0 Å². The van der Waals surface area contributed by atoms with Crippen LogP contribution >= 0.6 is 0 Å². The molecule has 5 heteroatoms. The molecule has 0 aliphatic rings. The van der Waals surface area contributed by atoms with E-state index in [-0.39, 0.29) is 5.70 Å². The molecule has 0 saturated carbocycles. The second kappa shape index (κ2) is 6.44. The van der Waals surface area contributed by atoms with Crippen LogP contribution in [0.25, 0.3) is 6.08 Å². The molecule has 0 unspecified atom stereocenters. The molecule has 0 saturated heterocycles. The number of nitrogens with one attached hydrogen (secondary N) is 1. The van der Waals surface area contributed by atoms with Gasteiger partial charge in [-0.05, 0) is 19.1 Å². The Balaban J connectivity index is 3.10. The fraction of sp³-hybridized carbons (Fsp3) is 0.231. The first-order chi connectivity index (χ1) is 8.54. The molecule has 1 aromatic rings. The molecule has 0 spiro atoms. The highest BCUT2D eigenvalue weighted by Gasteiger charge is 2.10. The summed E-state index contributed by atoms with van der Waals surface area (Å²) in [6.45, 7) is 3.57. The van der Waals surface area contributed by atoms with Crippen LogP contribution < -0.4 is 10.1 Å². The van der Waals surface area contributed by atoms with Crippen molar-refractivity contribution in [1.29, 1.82) is 0 Å². The van der Waals surface area contributed by atoms with Crippen molar-refractivity contribution in [2.24, 2.45) is 0 Å². The summed E-state index contributed by atoms with van der Waals surface area (Å²) in [6, 6.07) is 7.01. The van der Waals surface area contributed by atoms with Gasteiger partial charge in [0.25, 0.3) is 0 Å². The van der Waals surface area contributed by atoms with E-state index in [0.29, 0.717) is 17.9 Å². The molecule has 5 nitrogen and oxygen atoms in total. The monoisotopic (exact) mass is 249 g/mol. The zero-order valence-corrected chi connectivity index (χ0v) is 10.3. The summed E-state index contributed by atoms with van der Waals surface area (Å²) in [7, 11) is 0. The Labute approximate surface area is 105 Å². The summed E-state index contributed by atoms with van der Waals surface area (Å²) in [4.78, 5) is 21.9. The number of para-hydroxylation sites is 1. The second-order valence-electron chi connectivity index (χ2n) is 3.52. The lowest BCUT2D eigenvalue weighted by Crippen LogP contribution is -2.24. The maximum atomic E-state index is 11.0. The van der Waals surface area contributed by atoms with Crippen LogP contribution in [0.4, 0.5) is 0 Å². The zero-order valence-electron chi connectivity index (χ0n) is 10.3. The number of carboxylic acids is 1. The van der Waals surface area contributed by atoms with Crippen molar-refractivity contribution in [1.82, 2.24) is 5.32 Å². The molecule has 0 fully saturated rings. The molecule has 0 heterocycles. The van der Waals surface area contributed by atoms with Crippen molar-refractivity contribution in [2.45, 2.75) is 13.8 Å². The van der Waals surface area contributed by atoms with E-state index in [4.69, 9.17) is 9.84 Å². The third-order valence-corrected chi connectivity index (χ3v) is 2.06. The predicted molar refractivity (Wildman–Crippen MR) is 67.0 cm³/mol. The first-order valence-corrected chi connectivity index (χ1v) is 5.49. The number of hydrogen-bond acceptors (Lipinski definition) is 3. The van der Waals surface area contributed by atoms with E-state index in [1.54, 1.807) is 24.3 Å². The average molecular weight is 249 g/mol. The summed E-state index contributed by atoms with van der Waals surface area (Å²) < 4.78 is 5.37. The van der Waals surface area contributed by atoms with Gasteiger partial charge < -0.3 is 15.2 Å². The summed E-state index contributed by atoms with van der Waals surface area (Å²) in [5, 5.41) is 11.2. The molecule has 1 rings (SSSR count). The topological polar surface area (TPSA) is 75.6 Å². The van der Waals surface area contributed by atoms with Crippen molar-refractivity contribution < 1.29 is 19.4 Å². The highest BCUT2D eigenvalue weighted by molar-refractivity contribution is 5.96. The van der Waals surface area contributed by atoms with Crippen LogP contribution in [0.15, 0.2) is 30.0 Å². The molecule has 0 aliphatic carbocycles. The molecular weight excluding hydrogens is 234 g/mol. The molecule has 0 bridgehead atoms. The molecule has 18 heavy (non-hydrogen) atoms. The SMILES string of the molecule is CCOc1ccccc1C=C(NC(C)=O)C(=O)O. The minimum atomic E-state index is -1.20. The van der Waals surface area contributed by atoms with Crippen LogP contribution in [0, 0.1) is 0 Å². The highest BCUT2D eigenvalue weighted by Crippen LogP contribution is 2.20. The number of hydrogen-bond donors (Lipinski definition) is 2. The lowest BCUT2D eigenvalue weighted by molar-refractivity contribution is -0.134. The minimum absolute atomic E-state index is 0.186. The van der Waals surface area contributed by atoms with Crippen LogP contribution in [-0.2, 0) is 9.59 Å². The minimum Gasteiger partial charge on any atom is -0.493 e. The van der Waals surface area contributed by atoms with Crippen LogP contribution in [0.1, 0.15) is 19.4 Å². The molecule has 2 N–H and O–H groups in total. The van der Waals surface area contributed by atoms with Gasteiger partial charge in [0.05, 0.1) is 6.61 Å². The molecule has 0 atom stereocenters. The van der Waals surface area contributed by atoms with E-state index >= 15 is 0 Å². The smallest absolute Gasteiger partial charge is 0.352 e. The van der Waals surface area contributed by atoms with Gasteiger partial charge in [-0.25, -0.2) is 4.79 Å². The van der Waals surface area contributed by atoms with Gasteiger partial charge in [0.2, 0.25) is 5.91 Å². The van der Waals surface area contributed by atoms with Crippen molar-refractivity contribution >= 4 is 18.0 Å². The maximum Gasteiger partial charge on any atom is 0.352 e. The molecular formula is C13H15NO4. The van der Waals surface area contributed by atoms with Crippen LogP contribution in [0.2, 0.25) is 0 Å². The number of benzene rings is 1. The van der Waals surface area contributed by atoms with E-state index in [1.165, 1.54) is 13.0 Å². The van der Waals surface area contributed by atoms with Gasteiger partial charge in [0.15, 0.2) is 0 Å². The quantitative estimate of drug-likeness (QED) is 0.778. The maximum absolute atomic E-state index is 11.0. The van der Waals surface area contributed by atoms with Crippen molar-refractivity contribution in [3.63, 3.8) is 0 Å². The Morgan fingerprint density at radius 2 is 2.06 bits per heavy atom. The first-order valence-electron chi connectivity index (χ1n) is 5.49. The summed E-state index contributed by atoms with van der Waals surface area (Å²) >= 11 is 0. The molecule has 1 amide bonds. The normalized spacial score (nSPS) is 10.9. The number of amides is 1.